The van der Waals surface area contributed by atoms with Gasteiger partial charge in [-0.15, -0.1) is 10.2 Å². The third-order valence-electron chi connectivity index (χ3n) is 3.26. The van der Waals surface area contributed by atoms with Crippen LogP contribution in [0.3, 0.4) is 0 Å². The van der Waals surface area contributed by atoms with Crippen LogP contribution in [0.5, 0.6) is 5.88 Å². The number of fused-ring (bicyclic) bond motifs is 1. The molecule has 0 spiro atoms. The molecule has 0 radical (unpaired) electrons. The van der Waals surface area contributed by atoms with Crippen molar-refractivity contribution in [2.75, 3.05) is 0 Å². The van der Waals surface area contributed by atoms with Crippen molar-refractivity contribution in [2.24, 2.45) is 10.2 Å². The van der Waals surface area contributed by atoms with Gasteiger partial charge in [0.25, 0.3) is 0 Å². The Hall–Kier alpha value is -2.80. The molecule has 0 aliphatic rings. The average Bonchev–Trinajstić information content (AvgIpc) is 2.87. The van der Waals surface area contributed by atoms with Crippen LogP contribution in [0.2, 0.25) is 0 Å². The Morgan fingerprint density at radius 2 is 1.91 bits per heavy atom. The first kappa shape index (κ1) is 15.1. The summed E-state index contributed by atoms with van der Waals surface area (Å²) in [7, 11) is 0. The van der Waals surface area contributed by atoms with Gasteiger partial charge in [0.15, 0.2) is 5.69 Å². The van der Waals surface area contributed by atoms with Gasteiger partial charge < -0.3 is 15.4 Å². The van der Waals surface area contributed by atoms with Crippen molar-refractivity contribution in [3.8, 4) is 5.88 Å². The number of hydrogen-bond donors (Lipinski definition) is 3. The van der Waals surface area contributed by atoms with Gasteiger partial charge in [-0.25, -0.2) is 4.39 Å². The number of rotatable bonds is 3. The monoisotopic (exact) mass is 328 g/mol. The lowest BCUT2D eigenvalue weighted by molar-refractivity contribution is 0.459. The summed E-state index contributed by atoms with van der Waals surface area (Å²) in [6.07, 6.45) is 0. The molecular formula is C16H13FN4OS. The molecule has 0 saturated carbocycles. The topological polar surface area (TPSA) is 72.8 Å². The van der Waals surface area contributed by atoms with Crippen molar-refractivity contribution in [1.29, 1.82) is 0 Å². The molecule has 116 valence electrons. The van der Waals surface area contributed by atoms with E-state index < -0.39 is 0 Å². The van der Waals surface area contributed by atoms with E-state index in [4.69, 9.17) is 12.2 Å². The van der Waals surface area contributed by atoms with Crippen molar-refractivity contribution in [3.05, 3.63) is 59.9 Å². The Balaban J connectivity index is 1.68. The van der Waals surface area contributed by atoms with Gasteiger partial charge in [0.05, 0.1) is 5.52 Å². The van der Waals surface area contributed by atoms with Crippen LogP contribution in [0.25, 0.3) is 10.9 Å². The minimum absolute atomic E-state index is 0.0590. The summed E-state index contributed by atoms with van der Waals surface area (Å²) < 4.78 is 12.8. The highest BCUT2D eigenvalue weighted by Crippen LogP contribution is 2.35. The van der Waals surface area contributed by atoms with E-state index >= 15 is 0 Å². The highest BCUT2D eigenvalue weighted by atomic mass is 32.1. The summed E-state index contributed by atoms with van der Waals surface area (Å²) in [6.45, 7) is 0.415. The van der Waals surface area contributed by atoms with E-state index in [1.807, 2.05) is 24.3 Å². The molecule has 0 aliphatic heterocycles. The third kappa shape index (κ3) is 3.51. The fourth-order valence-corrected chi connectivity index (χ4v) is 2.24. The van der Waals surface area contributed by atoms with Gasteiger partial charge in [0, 0.05) is 11.9 Å². The normalized spacial score (nSPS) is 11.2. The number of benzene rings is 2. The summed E-state index contributed by atoms with van der Waals surface area (Å²) in [5.74, 6) is -0.345. The lowest BCUT2D eigenvalue weighted by Gasteiger charge is -2.03. The van der Waals surface area contributed by atoms with Gasteiger partial charge in [-0.1, -0.05) is 30.3 Å². The molecule has 0 saturated heterocycles. The summed E-state index contributed by atoms with van der Waals surface area (Å²) in [4.78, 5) is 2.82. The maximum atomic E-state index is 12.8. The molecular weight excluding hydrogens is 315 g/mol. The number of azo groups is 1. The molecule has 0 aliphatic carbocycles. The van der Waals surface area contributed by atoms with Crippen LogP contribution >= 0.6 is 12.2 Å². The van der Waals surface area contributed by atoms with Gasteiger partial charge >= 0.3 is 0 Å². The maximum absolute atomic E-state index is 12.8. The molecule has 1 heterocycles. The van der Waals surface area contributed by atoms with Crippen LogP contribution in [0.4, 0.5) is 10.1 Å². The van der Waals surface area contributed by atoms with Crippen LogP contribution in [0.15, 0.2) is 58.8 Å². The zero-order chi connectivity index (χ0) is 16.2. The van der Waals surface area contributed by atoms with Crippen molar-refractivity contribution in [1.82, 2.24) is 10.3 Å². The van der Waals surface area contributed by atoms with Crippen LogP contribution < -0.4 is 5.32 Å². The number of aromatic hydroxyl groups is 1. The quantitative estimate of drug-likeness (QED) is 0.499. The van der Waals surface area contributed by atoms with Crippen molar-refractivity contribution in [2.45, 2.75) is 6.54 Å². The number of thiocarbonyl (C=S) groups is 1. The van der Waals surface area contributed by atoms with Gasteiger partial charge in [-0.2, -0.15) is 0 Å². The Labute approximate surface area is 136 Å². The van der Waals surface area contributed by atoms with Crippen LogP contribution in [0, 0.1) is 5.82 Å². The highest BCUT2D eigenvalue weighted by Gasteiger charge is 2.09. The Morgan fingerprint density at radius 1 is 1.17 bits per heavy atom. The summed E-state index contributed by atoms with van der Waals surface area (Å²) in [6, 6.07) is 13.4. The number of hydrogen-bond acceptors (Lipinski definition) is 3. The highest BCUT2D eigenvalue weighted by molar-refractivity contribution is 7.80. The van der Waals surface area contributed by atoms with E-state index in [1.54, 1.807) is 12.1 Å². The number of nitrogens with zero attached hydrogens (tertiary/aromatic N) is 2. The number of nitrogens with one attached hydrogen (secondary N) is 2. The second-order valence-electron chi connectivity index (χ2n) is 4.85. The van der Waals surface area contributed by atoms with E-state index in [-0.39, 0.29) is 16.8 Å². The zero-order valence-electron chi connectivity index (χ0n) is 12.0. The zero-order valence-corrected chi connectivity index (χ0v) is 12.8. The fraction of sp³-hybridized carbons (Fsp3) is 0.0625. The number of halogens is 1. The molecule has 7 heteroatoms. The first-order valence-electron chi connectivity index (χ1n) is 6.87. The SMILES string of the molecule is Oc1[nH]c2ccccc2c1N=NC(=S)NCc1ccc(F)cc1. The first-order valence-corrected chi connectivity index (χ1v) is 7.28. The van der Waals surface area contributed by atoms with Crippen LogP contribution in [-0.2, 0) is 6.54 Å². The summed E-state index contributed by atoms with van der Waals surface area (Å²) >= 11 is 5.08. The molecule has 1 aromatic heterocycles. The maximum Gasteiger partial charge on any atom is 0.218 e. The fourth-order valence-electron chi connectivity index (χ4n) is 2.12. The third-order valence-corrected chi connectivity index (χ3v) is 3.48. The number of aromatic amines is 1. The number of aromatic nitrogens is 1. The van der Waals surface area contributed by atoms with E-state index in [0.29, 0.717) is 12.2 Å². The summed E-state index contributed by atoms with van der Waals surface area (Å²) in [5.41, 5.74) is 1.98. The minimum atomic E-state index is -0.286. The van der Waals surface area contributed by atoms with Crippen molar-refractivity contribution in [3.63, 3.8) is 0 Å². The molecule has 0 fully saturated rings. The predicted molar refractivity (Wildman–Crippen MR) is 90.3 cm³/mol. The molecule has 3 rings (SSSR count). The molecule has 0 unspecified atom stereocenters. The molecule has 5 nitrogen and oxygen atoms in total. The van der Waals surface area contributed by atoms with Crippen LogP contribution in [-0.4, -0.2) is 15.2 Å². The van der Waals surface area contributed by atoms with E-state index in [2.05, 4.69) is 20.5 Å². The lowest BCUT2D eigenvalue weighted by atomic mass is 10.2. The van der Waals surface area contributed by atoms with Gasteiger partial charge in [-0.3, -0.25) is 0 Å². The van der Waals surface area contributed by atoms with Gasteiger partial charge in [0.1, 0.15) is 5.82 Å². The average molecular weight is 328 g/mol. The van der Waals surface area contributed by atoms with E-state index in [1.165, 1.54) is 12.1 Å². The Bertz CT molecular complexity index is 873. The number of para-hydroxylation sites is 1. The second-order valence-corrected chi connectivity index (χ2v) is 5.24. The molecule has 23 heavy (non-hydrogen) atoms. The first-order chi connectivity index (χ1) is 11.1. The van der Waals surface area contributed by atoms with E-state index in [0.717, 1.165) is 16.5 Å². The standard InChI is InChI=1S/C16H13FN4OS/c17-11-7-5-10(6-8-11)9-18-16(23)21-20-14-12-3-1-2-4-13(12)19-15(14)22/h1-8,19,22H,9H2,(H,18,23). The second kappa shape index (κ2) is 6.53. The molecule has 0 atom stereocenters. The summed E-state index contributed by atoms with van der Waals surface area (Å²) in [5, 5.41) is 21.6. The minimum Gasteiger partial charge on any atom is -0.493 e. The number of H-pyrrole nitrogens is 1. The van der Waals surface area contributed by atoms with E-state index in [9.17, 15) is 9.50 Å². The molecule has 2 aromatic carbocycles. The largest absolute Gasteiger partial charge is 0.493 e. The molecule has 0 bridgehead atoms. The molecule has 3 aromatic rings. The van der Waals surface area contributed by atoms with Crippen LogP contribution in [0.1, 0.15) is 5.56 Å². The lowest BCUT2D eigenvalue weighted by Crippen LogP contribution is -2.18. The predicted octanol–water partition coefficient (Wildman–Crippen LogP) is 4.17. The Kier molecular flexibility index (Phi) is 4.29. The van der Waals surface area contributed by atoms with Crippen molar-refractivity contribution >= 4 is 33.9 Å². The molecule has 0 amide bonds. The smallest absolute Gasteiger partial charge is 0.218 e. The van der Waals surface area contributed by atoms with Crippen molar-refractivity contribution < 1.29 is 9.50 Å². The van der Waals surface area contributed by atoms with Gasteiger partial charge in [0.2, 0.25) is 11.0 Å². The van der Waals surface area contributed by atoms with Gasteiger partial charge in [-0.05, 0) is 36.0 Å². The molecule has 3 N–H and O–H groups in total. The Morgan fingerprint density at radius 3 is 2.70 bits per heavy atom.